The molecular weight excluding hydrogens is 477 g/mol. The van der Waals surface area contributed by atoms with Gasteiger partial charge in [0, 0.05) is 6.92 Å². The second-order valence-electron chi connectivity index (χ2n) is 11.7. The van der Waals surface area contributed by atoms with Gasteiger partial charge in [0.05, 0.1) is 24.4 Å². The maximum Gasteiger partial charge on any atom is 0.475 e. The number of benzene rings is 1. The lowest BCUT2D eigenvalue weighted by Gasteiger charge is -2.33. The average molecular weight is 524 g/mol. The molecule has 0 saturated heterocycles. The Balaban J connectivity index is 1.99. The van der Waals surface area contributed by atoms with Crippen molar-refractivity contribution in [2.75, 3.05) is 19.8 Å². The lowest BCUT2D eigenvalue weighted by Crippen LogP contribution is -2.36. The molecule has 0 saturated carbocycles. The Morgan fingerprint density at radius 3 is 2.19 bits per heavy atom. The van der Waals surface area contributed by atoms with Gasteiger partial charge in [-0.05, 0) is 98.3 Å². The Labute approximate surface area is 218 Å². The van der Waals surface area contributed by atoms with E-state index in [-0.39, 0.29) is 6.61 Å². The standard InChI is InChI=1S/C28H46NO6P/c1-22(2)12-10-11-19-31-25-15-13-24(14-16-25)17-18-28(20-32-23(3)29-28)21-33-36(30,34-26(4,5)6)35-27(7,8)9/h13-16H,1,10-12,17-21H2,2-9H3. The van der Waals surface area contributed by atoms with Crippen molar-refractivity contribution >= 4 is 13.7 Å². The molecule has 1 aliphatic heterocycles. The molecule has 1 heterocycles. The SMILES string of the molecule is C=C(C)CCCCOc1ccc(CCC2(COP(=O)(OC(C)(C)C)OC(C)(C)C)COC(C)=N2)cc1. The van der Waals surface area contributed by atoms with Crippen LogP contribution in [0.15, 0.2) is 41.4 Å². The molecule has 2 rings (SSSR count). The van der Waals surface area contributed by atoms with Crippen LogP contribution < -0.4 is 4.74 Å². The molecule has 0 aliphatic carbocycles. The molecule has 1 atom stereocenters. The van der Waals surface area contributed by atoms with Gasteiger partial charge in [0.15, 0.2) is 5.90 Å². The molecule has 0 N–H and O–H groups in total. The van der Waals surface area contributed by atoms with Crippen molar-refractivity contribution in [1.29, 1.82) is 0 Å². The first kappa shape index (κ1) is 30.6. The monoisotopic (exact) mass is 523 g/mol. The van der Waals surface area contributed by atoms with Crippen LogP contribution in [0, 0.1) is 0 Å². The van der Waals surface area contributed by atoms with E-state index in [4.69, 9.17) is 28.0 Å². The Hall–Kier alpha value is -1.66. The summed E-state index contributed by atoms with van der Waals surface area (Å²) in [5, 5.41) is 0. The molecule has 1 aromatic carbocycles. The van der Waals surface area contributed by atoms with Crippen LogP contribution in [0.1, 0.15) is 86.6 Å². The normalized spacial score (nSPS) is 18.6. The molecule has 7 nitrogen and oxygen atoms in total. The van der Waals surface area contributed by atoms with Crippen LogP contribution in [-0.4, -0.2) is 42.5 Å². The molecule has 1 aromatic rings. The van der Waals surface area contributed by atoms with Gasteiger partial charge >= 0.3 is 7.82 Å². The third-order valence-corrected chi connectivity index (χ3v) is 7.26. The molecule has 0 bridgehead atoms. The third kappa shape index (κ3) is 11.6. The summed E-state index contributed by atoms with van der Waals surface area (Å²) in [6.07, 6.45) is 4.56. The summed E-state index contributed by atoms with van der Waals surface area (Å²) < 4.78 is 42.5. The zero-order chi connectivity index (χ0) is 27.0. The van der Waals surface area contributed by atoms with Crippen molar-refractivity contribution in [3.05, 3.63) is 42.0 Å². The van der Waals surface area contributed by atoms with Crippen LogP contribution in [-0.2, 0) is 29.3 Å². The number of allylic oxidation sites excluding steroid dienone is 1. The highest BCUT2D eigenvalue weighted by molar-refractivity contribution is 7.48. The first-order valence-corrected chi connectivity index (χ1v) is 14.3. The summed E-state index contributed by atoms with van der Waals surface area (Å²) in [5.74, 6) is 1.46. The Morgan fingerprint density at radius 1 is 1.08 bits per heavy atom. The van der Waals surface area contributed by atoms with E-state index in [1.54, 1.807) is 0 Å². The largest absolute Gasteiger partial charge is 0.494 e. The van der Waals surface area contributed by atoms with E-state index < -0.39 is 24.6 Å². The van der Waals surface area contributed by atoms with Crippen LogP contribution in [0.4, 0.5) is 0 Å². The van der Waals surface area contributed by atoms with Gasteiger partial charge in [-0.3, -0.25) is 13.6 Å². The topological polar surface area (TPSA) is 75.6 Å². The van der Waals surface area contributed by atoms with E-state index in [0.717, 1.165) is 37.0 Å². The van der Waals surface area contributed by atoms with Crippen LogP contribution in [0.3, 0.4) is 0 Å². The van der Waals surface area contributed by atoms with Crippen LogP contribution in [0.2, 0.25) is 0 Å². The zero-order valence-corrected chi connectivity index (χ0v) is 24.4. The van der Waals surface area contributed by atoms with Gasteiger partial charge in [0.2, 0.25) is 0 Å². The summed E-state index contributed by atoms with van der Waals surface area (Å²) in [7, 11) is -3.85. The number of aliphatic imine (C=N–C) groups is 1. The third-order valence-electron chi connectivity index (χ3n) is 5.28. The summed E-state index contributed by atoms with van der Waals surface area (Å²) >= 11 is 0. The highest BCUT2D eigenvalue weighted by Gasteiger charge is 2.42. The lowest BCUT2D eigenvalue weighted by atomic mass is 9.94. The fraction of sp³-hybridized carbons (Fsp3) is 0.679. The van der Waals surface area contributed by atoms with Gasteiger partial charge in [-0.15, -0.1) is 6.58 Å². The van der Waals surface area contributed by atoms with Gasteiger partial charge in [0.25, 0.3) is 0 Å². The number of aryl methyl sites for hydroxylation is 1. The molecule has 1 unspecified atom stereocenters. The number of phosphoric ester groups is 1. The molecule has 1 aliphatic rings. The van der Waals surface area contributed by atoms with Gasteiger partial charge in [0.1, 0.15) is 17.9 Å². The summed E-state index contributed by atoms with van der Waals surface area (Å²) in [5.41, 5.74) is 0.298. The molecule has 0 amide bonds. The van der Waals surface area contributed by atoms with E-state index in [1.165, 1.54) is 5.57 Å². The number of hydrogen-bond acceptors (Lipinski definition) is 7. The van der Waals surface area contributed by atoms with Crippen molar-refractivity contribution < 1.29 is 27.6 Å². The number of phosphoric acid groups is 1. The van der Waals surface area contributed by atoms with E-state index in [0.29, 0.717) is 25.5 Å². The predicted octanol–water partition coefficient (Wildman–Crippen LogP) is 7.69. The fourth-order valence-electron chi connectivity index (χ4n) is 3.70. The minimum atomic E-state index is -3.85. The van der Waals surface area contributed by atoms with Crippen molar-refractivity contribution in [1.82, 2.24) is 0 Å². The smallest absolute Gasteiger partial charge is 0.475 e. The maximum atomic E-state index is 13.5. The summed E-state index contributed by atoms with van der Waals surface area (Å²) in [6.45, 7) is 19.9. The minimum absolute atomic E-state index is 0.0686. The molecule has 0 radical (unpaired) electrons. The Morgan fingerprint density at radius 2 is 1.69 bits per heavy atom. The van der Waals surface area contributed by atoms with Crippen molar-refractivity contribution in [2.24, 2.45) is 4.99 Å². The van der Waals surface area contributed by atoms with Crippen molar-refractivity contribution in [3.8, 4) is 5.75 Å². The summed E-state index contributed by atoms with van der Waals surface area (Å²) in [4.78, 5) is 4.73. The number of unbranched alkanes of at least 4 members (excludes halogenated alkanes) is 1. The van der Waals surface area contributed by atoms with Crippen LogP contribution >= 0.6 is 7.82 Å². The van der Waals surface area contributed by atoms with Gasteiger partial charge in [-0.25, -0.2) is 9.56 Å². The molecule has 0 fully saturated rings. The number of ether oxygens (including phenoxy) is 2. The molecule has 0 spiro atoms. The van der Waals surface area contributed by atoms with E-state index in [2.05, 4.69) is 25.6 Å². The van der Waals surface area contributed by atoms with Gasteiger partial charge in [-0.1, -0.05) is 17.7 Å². The molecule has 204 valence electrons. The molecule has 8 heteroatoms. The van der Waals surface area contributed by atoms with E-state index in [1.807, 2.05) is 60.6 Å². The van der Waals surface area contributed by atoms with Crippen LogP contribution in [0.25, 0.3) is 0 Å². The van der Waals surface area contributed by atoms with E-state index in [9.17, 15) is 4.57 Å². The summed E-state index contributed by atoms with van der Waals surface area (Å²) in [6, 6.07) is 8.14. The minimum Gasteiger partial charge on any atom is -0.494 e. The molecule has 0 aromatic heterocycles. The Kier molecular flexibility index (Phi) is 10.8. The highest BCUT2D eigenvalue weighted by atomic mass is 31.2. The number of hydrogen-bond donors (Lipinski definition) is 0. The second kappa shape index (κ2) is 12.7. The van der Waals surface area contributed by atoms with Crippen LogP contribution in [0.5, 0.6) is 5.75 Å². The lowest BCUT2D eigenvalue weighted by molar-refractivity contribution is -0.00465. The number of nitrogens with zero attached hydrogens (tertiary/aromatic N) is 1. The predicted molar refractivity (Wildman–Crippen MR) is 146 cm³/mol. The van der Waals surface area contributed by atoms with Crippen molar-refractivity contribution in [2.45, 2.75) is 104 Å². The Bertz CT molecular complexity index is 909. The highest BCUT2D eigenvalue weighted by Crippen LogP contribution is 2.56. The zero-order valence-electron chi connectivity index (χ0n) is 23.5. The van der Waals surface area contributed by atoms with Gasteiger partial charge in [-0.2, -0.15) is 0 Å². The first-order valence-electron chi connectivity index (χ1n) is 12.8. The number of rotatable bonds is 14. The first-order chi connectivity index (χ1) is 16.6. The fourth-order valence-corrected chi connectivity index (χ4v) is 5.58. The molecular formula is C28H46NO6P. The quantitative estimate of drug-likeness (QED) is 0.141. The maximum absolute atomic E-state index is 13.5. The second-order valence-corrected chi connectivity index (χ2v) is 13.2. The van der Waals surface area contributed by atoms with Gasteiger partial charge < -0.3 is 9.47 Å². The van der Waals surface area contributed by atoms with E-state index >= 15 is 0 Å². The van der Waals surface area contributed by atoms with Crippen molar-refractivity contribution in [3.63, 3.8) is 0 Å². The molecule has 36 heavy (non-hydrogen) atoms. The average Bonchev–Trinajstić information content (AvgIpc) is 3.10.